The fraction of sp³-hybridized carbons (Fsp3) is 0.600. The third-order valence-electron chi connectivity index (χ3n) is 4.04. The first-order valence-corrected chi connectivity index (χ1v) is 6.69. The number of rotatable bonds is 3. The van der Waals surface area contributed by atoms with Crippen LogP contribution in [0.25, 0.3) is 0 Å². The van der Waals surface area contributed by atoms with Crippen molar-refractivity contribution in [3.8, 4) is 0 Å². The zero-order chi connectivity index (χ0) is 13.2. The molecule has 0 saturated carbocycles. The molecule has 0 radical (unpaired) electrons. The first-order valence-electron chi connectivity index (χ1n) is 6.69. The number of Topliss-reactive ketones (excluding diaryl/α,β-unsaturated/α-hetero) is 1. The van der Waals surface area contributed by atoms with Gasteiger partial charge in [-0.2, -0.15) is 0 Å². The zero-order valence-corrected chi connectivity index (χ0v) is 11.5. The summed E-state index contributed by atoms with van der Waals surface area (Å²) in [5.41, 5.74) is 1.46. The van der Waals surface area contributed by atoms with Crippen molar-refractivity contribution in [2.45, 2.75) is 33.6 Å². The van der Waals surface area contributed by atoms with Crippen LogP contribution in [0, 0.1) is 18.3 Å². The molecule has 18 heavy (non-hydrogen) atoms. The monoisotopic (exact) mass is 246 g/mol. The van der Waals surface area contributed by atoms with Crippen LogP contribution >= 0.6 is 0 Å². The van der Waals surface area contributed by atoms with Gasteiger partial charge in [-0.15, -0.1) is 0 Å². The van der Waals surface area contributed by atoms with Gasteiger partial charge in [0, 0.05) is 23.4 Å². The number of nitrogens with one attached hydrogen (secondary N) is 1. The highest BCUT2D eigenvalue weighted by Gasteiger charge is 2.37. The molecule has 0 bridgehead atoms. The minimum atomic E-state index is -0.317. The lowest BCUT2D eigenvalue weighted by Crippen LogP contribution is -2.42. The number of piperidine rings is 1. The second-order valence-electron chi connectivity index (χ2n) is 5.85. The van der Waals surface area contributed by atoms with Crippen molar-refractivity contribution in [2.75, 3.05) is 13.1 Å². The van der Waals surface area contributed by atoms with Gasteiger partial charge >= 0.3 is 0 Å². The molecule has 1 aliphatic rings. The number of hydrogen-bond donors (Lipinski definition) is 1. The summed E-state index contributed by atoms with van der Waals surface area (Å²) in [5.74, 6) is 0.631. The Kier molecular flexibility index (Phi) is 3.81. The Morgan fingerprint density at radius 3 is 2.83 bits per heavy atom. The lowest BCUT2D eigenvalue weighted by molar-refractivity contribution is 0.0708. The van der Waals surface area contributed by atoms with Crippen molar-refractivity contribution in [3.63, 3.8) is 0 Å². The normalized spacial score (nSPS) is 20.7. The Balaban J connectivity index is 2.20. The summed E-state index contributed by atoms with van der Waals surface area (Å²) in [7, 11) is 0. The minimum absolute atomic E-state index is 0.215. The molecule has 1 aromatic heterocycles. The van der Waals surface area contributed by atoms with E-state index in [0.29, 0.717) is 5.92 Å². The number of hydrogen-bond acceptors (Lipinski definition) is 3. The molecule has 0 amide bonds. The Labute approximate surface area is 109 Å². The van der Waals surface area contributed by atoms with E-state index in [1.54, 1.807) is 12.4 Å². The van der Waals surface area contributed by atoms with Crippen LogP contribution in [0.4, 0.5) is 0 Å². The molecular formula is C15H22N2O. The minimum Gasteiger partial charge on any atom is -0.316 e. The summed E-state index contributed by atoms with van der Waals surface area (Å²) in [6.45, 7) is 8.12. The highest BCUT2D eigenvalue weighted by molar-refractivity contribution is 6.00. The van der Waals surface area contributed by atoms with Crippen molar-refractivity contribution < 1.29 is 4.79 Å². The third-order valence-corrected chi connectivity index (χ3v) is 4.04. The molecule has 1 fully saturated rings. The molecule has 3 nitrogen and oxygen atoms in total. The highest BCUT2D eigenvalue weighted by Crippen LogP contribution is 2.34. The second kappa shape index (κ2) is 5.19. The fourth-order valence-corrected chi connectivity index (χ4v) is 2.70. The SMILES string of the molecule is Cc1cncc(C(=O)C(C)(C)C2CCCNC2)c1. The summed E-state index contributed by atoms with van der Waals surface area (Å²) >= 11 is 0. The smallest absolute Gasteiger partial charge is 0.170 e. The quantitative estimate of drug-likeness (QED) is 0.834. The predicted molar refractivity (Wildman–Crippen MR) is 72.7 cm³/mol. The van der Waals surface area contributed by atoms with E-state index in [1.165, 1.54) is 0 Å². The van der Waals surface area contributed by atoms with Crippen LogP contribution in [0.5, 0.6) is 0 Å². The fourth-order valence-electron chi connectivity index (χ4n) is 2.70. The standard InChI is InChI=1S/C15H22N2O/c1-11-7-12(9-17-8-11)14(18)15(2,3)13-5-4-6-16-10-13/h7-9,13,16H,4-6,10H2,1-3H3. The molecule has 98 valence electrons. The number of carbonyl (C=O) groups excluding carboxylic acids is 1. The lowest BCUT2D eigenvalue weighted by atomic mass is 9.70. The summed E-state index contributed by atoms with van der Waals surface area (Å²) in [5, 5.41) is 3.39. The van der Waals surface area contributed by atoms with Gasteiger partial charge < -0.3 is 5.32 Å². The van der Waals surface area contributed by atoms with Crippen LogP contribution < -0.4 is 5.32 Å². The van der Waals surface area contributed by atoms with Crippen LogP contribution in [0.3, 0.4) is 0 Å². The zero-order valence-electron chi connectivity index (χ0n) is 11.5. The van der Waals surface area contributed by atoms with Crippen molar-refractivity contribution in [1.82, 2.24) is 10.3 Å². The maximum absolute atomic E-state index is 12.7. The third kappa shape index (κ3) is 2.61. The predicted octanol–water partition coefficient (Wildman–Crippen LogP) is 2.60. The van der Waals surface area contributed by atoms with E-state index in [2.05, 4.69) is 24.1 Å². The number of aryl methyl sites for hydroxylation is 1. The molecule has 0 aromatic carbocycles. The maximum Gasteiger partial charge on any atom is 0.170 e. The van der Waals surface area contributed by atoms with Crippen molar-refractivity contribution in [1.29, 1.82) is 0 Å². The molecule has 2 rings (SSSR count). The highest BCUT2D eigenvalue weighted by atomic mass is 16.1. The van der Waals surface area contributed by atoms with Crippen molar-refractivity contribution in [2.24, 2.45) is 11.3 Å². The van der Waals surface area contributed by atoms with Crippen LogP contribution in [0.2, 0.25) is 0 Å². The van der Waals surface area contributed by atoms with Crippen LogP contribution in [-0.4, -0.2) is 23.9 Å². The average Bonchev–Trinajstić information content (AvgIpc) is 2.39. The molecule has 1 N–H and O–H groups in total. The van der Waals surface area contributed by atoms with Gasteiger partial charge in [0.15, 0.2) is 5.78 Å². The van der Waals surface area contributed by atoms with Crippen molar-refractivity contribution >= 4 is 5.78 Å². The topological polar surface area (TPSA) is 42.0 Å². The van der Waals surface area contributed by atoms with Gasteiger partial charge in [0.25, 0.3) is 0 Å². The average molecular weight is 246 g/mol. The van der Waals surface area contributed by atoms with Gasteiger partial charge in [-0.3, -0.25) is 9.78 Å². The number of pyridine rings is 1. The first kappa shape index (κ1) is 13.2. The van der Waals surface area contributed by atoms with Gasteiger partial charge in [-0.25, -0.2) is 0 Å². The molecule has 1 aliphatic heterocycles. The lowest BCUT2D eigenvalue weighted by Gasteiger charge is -2.36. The Bertz CT molecular complexity index is 434. The second-order valence-corrected chi connectivity index (χ2v) is 5.85. The molecule has 1 atom stereocenters. The Hall–Kier alpha value is -1.22. The van der Waals surface area contributed by atoms with Gasteiger partial charge in [-0.05, 0) is 50.4 Å². The Morgan fingerprint density at radius 2 is 2.22 bits per heavy atom. The molecule has 1 saturated heterocycles. The van der Waals surface area contributed by atoms with E-state index in [-0.39, 0.29) is 11.2 Å². The van der Waals surface area contributed by atoms with E-state index < -0.39 is 0 Å². The van der Waals surface area contributed by atoms with E-state index in [1.807, 2.05) is 13.0 Å². The number of nitrogens with zero attached hydrogens (tertiary/aromatic N) is 1. The van der Waals surface area contributed by atoms with Crippen LogP contribution in [0.15, 0.2) is 18.5 Å². The molecule has 0 spiro atoms. The molecule has 3 heteroatoms. The van der Waals surface area contributed by atoms with Gasteiger partial charge in [0.2, 0.25) is 0 Å². The van der Waals surface area contributed by atoms with Crippen LogP contribution in [0.1, 0.15) is 42.6 Å². The molecule has 2 heterocycles. The van der Waals surface area contributed by atoms with Crippen molar-refractivity contribution in [3.05, 3.63) is 29.6 Å². The van der Waals surface area contributed by atoms with E-state index in [4.69, 9.17) is 0 Å². The first-order chi connectivity index (χ1) is 8.51. The summed E-state index contributed by atoms with van der Waals surface area (Å²) in [6, 6.07) is 1.94. The molecule has 1 aromatic rings. The summed E-state index contributed by atoms with van der Waals surface area (Å²) < 4.78 is 0. The molecule has 1 unspecified atom stereocenters. The Morgan fingerprint density at radius 1 is 1.44 bits per heavy atom. The number of carbonyl (C=O) groups is 1. The largest absolute Gasteiger partial charge is 0.316 e. The van der Waals surface area contributed by atoms with E-state index in [0.717, 1.165) is 37.1 Å². The molecule has 0 aliphatic carbocycles. The van der Waals surface area contributed by atoms with E-state index in [9.17, 15) is 4.79 Å². The maximum atomic E-state index is 12.7. The number of aromatic nitrogens is 1. The van der Waals surface area contributed by atoms with Gasteiger partial charge in [-0.1, -0.05) is 13.8 Å². The summed E-state index contributed by atoms with van der Waals surface area (Å²) in [4.78, 5) is 16.8. The van der Waals surface area contributed by atoms with Gasteiger partial charge in [0.05, 0.1) is 0 Å². The molecular weight excluding hydrogens is 224 g/mol. The summed E-state index contributed by atoms with van der Waals surface area (Å²) in [6.07, 6.45) is 5.76. The van der Waals surface area contributed by atoms with Crippen LogP contribution in [-0.2, 0) is 0 Å². The van der Waals surface area contributed by atoms with E-state index >= 15 is 0 Å². The number of ketones is 1. The van der Waals surface area contributed by atoms with Gasteiger partial charge in [0.1, 0.15) is 0 Å².